The van der Waals surface area contributed by atoms with Gasteiger partial charge in [-0.05, 0) is 44.2 Å². The van der Waals surface area contributed by atoms with Crippen molar-refractivity contribution in [3.63, 3.8) is 0 Å². The number of hydrogen-bond acceptors (Lipinski definition) is 5. The van der Waals surface area contributed by atoms with E-state index in [0.29, 0.717) is 38.8 Å². The Kier molecular flexibility index (Phi) is 5.92. The quantitative estimate of drug-likeness (QED) is 0.755. The first-order valence-corrected chi connectivity index (χ1v) is 10.7. The van der Waals surface area contributed by atoms with E-state index in [-0.39, 0.29) is 23.8 Å². The maximum absolute atomic E-state index is 13.9. The molecular weight excluding hydrogens is 421 g/mol. The zero-order chi connectivity index (χ0) is 23.0. The first-order chi connectivity index (χ1) is 15.1. The maximum atomic E-state index is 13.9. The normalized spacial score (nSPS) is 18.6. The van der Waals surface area contributed by atoms with Gasteiger partial charge in [0.2, 0.25) is 11.9 Å². The number of carbonyl (C=O) groups excluding carboxylic acids is 2. The van der Waals surface area contributed by atoms with Crippen LogP contribution in [0.3, 0.4) is 0 Å². The number of aryl methyl sites for hydroxylation is 2. The van der Waals surface area contributed by atoms with Crippen molar-refractivity contribution >= 4 is 23.3 Å². The number of benzene rings is 1. The van der Waals surface area contributed by atoms with E-state index in [1.54, 1.807) is 4.90 Å². The van der Waals surface area contributed by atoms with Crippen molar-refractivity contribution < 1.29 is 22.8 Å². The lowest BCUT2D eigenvalue weighted by molar-refractivity contribution is -0.140. The molecule has 1 saturated carbocycles. The number of ketones is 1. The summed E-state index contributed by atoms with van der Waals surface area (Å²) in [6, 6.07) is 6.05. The molecule has 0 spiro atoms. The molecule has 0 saturated heterocycles. The summed E-state index contributed by atoms with van der Waals surface area (Å²) in [4.78, 5) is 34.0. The molecule has 0 bridgehead atoms. The van der Waals surface area contributed by atoms with Gasteiger partial charge in [-0.2, -0.15) is 13.2 Å². The lowest BCUT2D eigenvalue weighted by Gasteiger charge is -2.30. The number of halogens is 3. The van der Waals surface area contributed by atoms with Crippen molar-refractivity contribution in [3.05, 3.63) is 46.3 Å². The van der Waals surface area contributed by atoms with Crippen molar-refractivity contribution in [2.45, 2.75) is 58.7 Å². The van der Waals surface area contributed by atoms with Crippen LogP contribution < -0.4 is 10.2 Å². The average molecular weight is 446 g/mol. The van der Waals surface area contributed by atoms with Crippen molar-refractivity contribution in [2.75, 3.05) is 16.8 Å². The Balaban J connectivity index is 1.60. The van der Waals surface area contributed by atoms with E-state index in [1.165, 1.54) is 12.5 Å². The summed E-state index contributed by atoms with van der Waals surface area (Å²) in [5.41, 5.74) is 1.80. The van der Waals surface area contributed by atoms with Crippen LogP contribution in [0.25, 0.3) is 0 Å². The second-order valence-electron chi connectivity index (χ2n) is 8.58. The Hall–Kier alpha value is -2.97. The molecule has 9 heteroatoms. The molecule has 170 valence electrons. The van der Waals surface area contributed by atoms with Gasteiger partial charge in [0.05, 0.1) is 11.4 Å². The molecule has 0 radical (unpaired) electrons. The average Bonchev–Trinajstić information content (AvgIpc) is 3.12. The number of carbonyl (C=O) groups is 2. The summed E-state index contributed by atoms with van der Waals surface area (Å²) in [6.07, 6.45) is -2.49. The van der Waals surface area contributed by atoms with Crippen LogP contribution in [-0.2, 0) is 28.7 Å². The maximum Gasteiger partial charge on any atom is 0.435 e. The largest absolute Gasteiger partial charge is 0.435 e. The molecule has 1 unspecified atom stereocenters. The fourth-order valence-electron chi connectivity index (χ4n) is 4.42. The van der Waals surface area contributed by atoms with E-state index in [4.69, 9.17) is 0 Å². The van der Waals surface area contributed by atoms with Crippen LogP contribution in [0.4, 0.5) is 24.8 Å². The number of alkyl halides is 3. The highest BCUT2D eigenvalue weighted by Gasteiger charge is 2.39. The van der Waals surface area contributed by atoms with E-state index in [1.807, 2.05) is 19.1 Å². The first-order valence-electron chi connectivity index (χ1n) is 10.7. The summed E-state index contributed by atoms with van der Waals surface area (Å²) in [6.45, 7) is 4.35. The Morgan fingerprint density at radius 2 is 1.97 bits per heavy atom. The molecular formula is C23H25F3N4O2. The Morgan fingerprint density at radius 3 is 2.66 bits per heavy atom. The lowest BCUT2D eigenvalue weighted by Crippen LogP contribution is -2.33. The molecule has 2 heterocycles. The summed E-state index contributed by atoms with van der Waals surface area (Å²) >= 11 is 0. The summed E-state index contributed by atoms with van der Waals surface area (Å²) < 4.78 is 41.6. The molecule has 1 aliphatic heterocycles. The van der Waals surface area contributed by atoms with Crippen molar-refractivity contribution in [2.24, 2.45) is 5.92 Å². The Bertz CT molecular complexity index is 1070. The minimum atomic E-state index is -4.76. The van der Waals surface area contributed by atoms with Gasteiger partial charge >= 0.3 is 6.18 Å². The predicted molar refractivity (Wildman–Crippen MR) is 113 cm³/mol. The van der Waals surface area contributed by atoms with Gasteiger partial charge in [0.15, 0.2) is 5.69 Å². The van der Waals surface area contributed by atoms with Crippen LogP contribution in [0.1, 0.15) is 53.8 Å². The summed E-state index contributed by atoms with van der Waals surface area (Å²) in [7, 11) is 0. The second-order valence-corrected chi connectivity index (χ2v) is 8.58. The molecule has 32 heavy (non-hydrogen) atoms. The molecule has 1 aromatic heterocycles. The van der Waals surface area contributed by atoms with Crippen LogP contribution in [0, 0.1) is 19.8 Å². The Labute approximate surface area is 184 Å². The highest BCUT2D eigenvalue weighted by molar-refractivity contribution is 5.96. The van der Waals surface area contributed by atoms with Crippen molar-refractivity contribution in [1.82, 2.24) is 9.97 Å². The van der Waals surface area contributed by atoms with Crippen LogP contribution >= 0.6 is 0 Å². The van der Waals surface area contributed by atoms with Gasteiger partial charge in [-0.1, -0.05) is 23.8 Å². The summed E-state index contributed by atoms with van der Waals surface area (Å²) in [5, 5.41) is 2.33. The van der Waals surface area contributed by atoms with Gasteiger partial charge < -0.3 is 10.2 Å². The summed E-state index contributed by atoms with van der Waals surface area (Å²) in [5.74, 6) is -1.08. The fraction of sp³-hybridized carbons (Fsp3) is 0.478. The molecule has 1 fully saturated rings. The number of Topliss-reactive ketones (excluding diaryl/α,β-unsaturated/α-hetero) is 1. The number of nitrogens with one attached hydrogen (secondary N) is 1. The number of hydrogen-bond donors (Lipinski definition) is 1. The third kappa shape index (κ3) is 4.61. The number of amides is 1. The molecule has 2 aliphatic rings. The van der Waals surface area contributed by atoms with Gasteiger partial charge in [-0.15, -0.1) is 0 Å². The zero-order valence-electron chi connectivity index (χ0n) is 18.1. The number of fused-ring (bicyclic) bond motifs is 1. The molecule has 2 aromatic rings. The van der Waals surface area contributed by atoms with Crippen molar-refractivity contribution in [1.29, 1.82) is 0 Å². The molecule has 1 aliphatic carbocycles. The minimum absolute atomic E-state index is 0.00924. The smallest absolute Gasteiger partial charge is 0.336 e. The topological polar surface area (TPSA) is 75.2 Å². The molecule has 1 N–H and O–H groups in total. The monoisotopic (exact) mass is 446 g/mol. The number of aromatic nitrogens is 2. The molecule has 6 nitrogen and oxygen atoms in total. The number of nitrogens with zero attached hydrogens (tertiary/aromatic N) is 3. The number of anilines is 2. The van der Waals surface area contributed by atoms with Gasteiger partial charge in [0, 0.05) is 31.8 Å². The van der Waals surface area contributed by atoms with E-state index in [2.05, 4.69) is 21.4 Å². The minimum Gasteiger partial charge on any atom is -0.336 e. The van der Waals surface area contributed by atoms with Crippen LogP contribution in [0.2, 0.25) is 0 Å². The molecule has 1 amide bonds. The molecule has 4 rings (SSSR count). The van der Waals surface area contributed by atoms with Crippen LogP contribution in [-0.4, -0.2) is 28.2 Å². The zero-order valence-corrected chi connectivity index (χ0v) is 18.1. The predicted octanol–water partition coefficient (Wildman–Crippen LogP) is 4.37. The van der Waals surface area contributed by atoms with Gasteiger partial charge in [0.25, 0.3) is 0 Å². The molecule has 1 atom stereocenters. The van der Waals surface area contributed by atoms with E-state index < -0.39 is 29.4 Å². The molecule has 1 aromatic carbocycles. The van der Waals surface area contributed by atoms with E-state index in [0.717, 1.165) is 11.1 Å². The highest BCUT2D eigenvalue weighted by Crippen LogP contribution is 2.37. The lowest BCUT2D eigenvalue weighted by atomic mass is 9.98. The fourth-order valence-corrected chi connectivity index (χ4v) is 4.42. The Morgan fingerprint density at radius 1 is 1.19 bits per heavy atom. The van der Waals surface area contributed by atoms with Crippen LogP contribution in [0.15, 0.2) is 18.2 Å². The second kappa shape index (κ2) is 8.52. The van der Waals surface area contributed by atoms with Crippen molar-refractivity contribution in [3.8, 4) is 0 Å². The standard InChI is InChI=1S/C23H25F3N4O2/c1-13-6-7-17-12-30(9-8-15(17)10-13)22-27-14(2)20(21(29-22)23(24,25)26)28-19(32)11-16-4-3-5-18(16)31/h6-7,10,16H,3-5,8-9,11-12H2,1-2H3,(H,28,32). The van der Waals surface area contributed by atoms with E-state index >= 15 is 0 Å². The number of rotatable bonds is 4. The SMILES string of the molecule is Cc1ccc2c(c1)CCN(c1nc(C)c(NC(=O)CC3CCCC3=O)c(C(F)(F)F)n1)C2. The van der Waals surface area contributed by atoms with Gasteiger partial charge in [-0.25, -0.2) is 9.97 Å². The van der Waals surface area contributed by atoms with Gasteiger partial charge in [0.1, 0.15) is 5.78 Å². The van der Waals surface area contributed by atoms with Crippen LogP contribution in [0.5, 0.6) is 0 Å². The van der Waals surface area contributed by atoms with E-state index in [9.17, 15) is 22.8 Å². The van der Waals surface area contributed by atoms with Gasteiger partial charge in [-0.3, -0.25) is 9.59 Å². The third-order valence-corrected chi connectivity index (χ3v) is 6.13. The highest BCUT2D eigenvalue weighted by atomic mass is 19.4. The first kappa shape index (κ1) is 22.2. The third-order valence-electron chi connectivity index (χ3n) is 6.13.